The van der Waals surface area contributed by atoms with E-state index in [4.69, 9.17) is 21.9 Å². The Balaban J connectivity index is 2.10. The maximum Gasteiger partial charge on any atom is 0.122 e. The minimum absolute atomic E-state index is 0.00924. The molecule has 0 aliphatic carbocycles. The molecule has 2 rings (SSSR count). The lowest BCUT2D eigenvalue weighted by molar-refractivity contribution is 0.397. The number of furan rings is 1. The maximum absolute atomic E-state index is 5.90. The lowest BCUT2D eigenvalue weighted by Gasteiger charge is -2.11. The van der Waals surface area contributed by atoms with Crippen molar-refractivity contribution in [3.63, 3.8) is 0 Å². The third-order valence-corrected chi connectivity index (χ3v) is 3.86. The lowest BCUT2D eigenvalue weighted by Crippen LogP contribution is -2.29. The molecular weight excluding hydrogens is 256 g/mol. The van der Waals surface area contributed by atoms with Crippen LogP contribution >= 0.6 is 22.9 Å². The molecule has 0 aliphatic heterocycles. The summed E-state index contributed by atoms with van der Waals surface area (Å²) < 4.78 is 6.49. The van der Waals surface area contributed by atoms with Crippen LogP contribution in [0.1, 0.15) is 29.4 Å². The van der Waals surface area contributed by atoms with Crippen LogP contribution in [0.4, 0.5) is 0 Å². The first-order valence-electron chi connectivity index (χ1n) is 5.52. The molecule has 2 heterocycles. The summed E-state index contributed by atoms with van der Waals surface area (Å²) in [6.45, 7) is 2.06. The molecule has 0 spiro atoms. The van der Waals surface area contributed by atoms with Gasteiger partial charge in [0.15, 0.2) is 0 Å². The molecule has 0 aromatic carbocycles. The van der Waals surface area contributed by atoms with Gasteiger partial charge in [0.1, 0.15) is 11.5 Å². The van der Waals surface area contributed by atoms with Gasteiger partial charge in [-0.25, -0.2) is 5.43 Å². The second-order valence-corrected chi connectivity index (χ2v) is 5.59. The monoisotopic (exact) mass is 270 g/mol. The van der Waals surface area contributed by atoms with Crippen molar-refractivity contribution in [3.05, 3.63) is 45.0 Å². The molecule has 92 valence electrons. The summed E-state index contributed by atoms with van der Waals surface area (Å²) in [4.78, 5) is 1.19. The van der Waals surface area contributed by atoms with Crippen molar-refractivity contribution < 1.29 is 4.42 Å². The van der Waals surface area contributed by atoms with E-state index in [0.717, 1.165) is 28.7 Å². The first-order chi connectivity index (χ1) is 8.22. The molecule has 0 amide bonds. The molecular formula is C12H15ClN2OS. The van der Waals surface area contributed by atoms with Crippen LogP contribution in [-0.4, -0.2) is 0 Å². The summed E-state index contributed by atoms with van der Waals surface area (Å²) in [5.74, 6) is 7.42. The van der Waals surface area contributed by atoms with Crippen LogP contribution in [-0.2, 0) is 12.8 Å². The summed E-state index contributed by atoms with van der Waals surface area (Å²) in [7, 11) is 0. The molecule has 0 radical (unpaired) electrons. The number of nitrogens with two attached hydrogens (primary N) is 1. The first kappa shape index (κ1) is 12.6. The SMILES string of the molecule is CCc1ccc(C(Cc2ccc(Cl)s2)NN)o1. The predicted octanol–water partition coefficient (Wildman–Crippen LogP) is 3.30. The van der Waals surface area contributed by atoms with Gasteiger partial charge in [-0.15, -0.1) is 11.3 Å². The molecule has 3 nitrogen and oxygen atoms in total. The van der Waals surface area contributed by atoms with E-state index in [1.54, 1.807) is 11.3 Å². The van der Waals surface area contributed by atoms with Crippen molar-refractivity contribution in [1.82, 2.24) is 5.43 Å². The lowest BCUT2D eigenvalue weighted by atomic mass is 10.1. The largest absolute Gasteiger partial charge is 0.464 e. The van der Waals surface area contributed by atoms with Crippen LogP contribution in [0, 0.1) is 0 Å². The van der Waals surface area contributed by atoms with Gasteiger partial charge in [-0.2, -0.15) is 0 Å². The highest BCUT2D eigenvalue weighted by atomic mass is 35.5. The molecule has 0 fully saturated rings. The maximum atomic E-state index is 5.90. The van der Waals surface area contributed by atoms with Crippen molar-refractivity contribution in [2.75, 3.05) is 0 Å². The molecule has 2 aromatic rings. The van der Waals surface area contributed by atoms with E-state index < -0.39 is 0 Å². The Morgan fingerprint density at radius 3 is 2.76 bits per heavy atom. The van der Waals surface area contributed by atoms with E-state index in [2.05, 4.69) is 12.3 Å². The topological polar surface area (TPSA) is 51.2 Å². The van der Waals surface area contributed by atoms with Gasteiger partial charge in [-0.3, -0.25) is 5.84 Å². The number of hydrogen-bond acceptors (Lipinski definition) is 4. The Morgan fingerprint density at radius 1 is 1.41 bits per heavy atom. The van der Waals surface area contributed by atoms with E-state index >= 15 is 0 Å². The Labute approximate surface area is 110 Å². The van der Waals surface area contributed by atoms with Gasteiger partial charge >= 0.3 is 0 Å². The molecule has 17 heavy (non-hydrogen) atoms. The first-order valence-corrected chi connectivity index (χ1v) is 6.71. The third-order valence-electron chi connectivity index (χ3n) is 2.61. The van der Waals surface area contributed by atoms with Gasteiger partial charge in [0.25, 0.3) is 0 Å². The standard InChI is InChI=1S/C12H15ClN2OS/c1-2-8-3-5-11(16-8)10(15-14)7-9-4-6-12(13)17-9/h3-6,10,15H,2,7,14H2,1H3. The third kappa shape index (κ3) is 3.10. The normalized spacial score (nSPS) is 12.9. The minimum Gasteiger partial charge on any atom is -0.464 e. The van der Waals surface area contributed by atoms with E-state index in [-0.39, 0.29) is 6.04 Å². The van der Waals surface area contributed by atoms with Gasteiger partial charge in [-0.1, -0.05) is 18.5 Å². The van der Waals surface area contributed by atoms with E-state index in [1.165, 1.54) is 4.88 Å². The summed E-state index contributed by atoms with van der Waals surface area (Å²) >= 11 is 7.47. The van der Waals surface area contributed by atoms with Crippen LogP contribution < -0.4 is 11.3 Å². The second-order valence-electron chi connectivity index (χ2n) is 3.79. The minimum atomic E-state index is -0.00924. The van der Waals surface area contributed by atoms with Gasteiger partial charge in [0.2, 0.25) is 0 Å². The Morgan fingerprint density at radius 2 is 2.24 bits per heavy atom. The molecule has 1 unspecified atom stereocenters. The van der Waals surface area contributed by atoms with Gasteiger partial charge in [-0.05, 0) is 24.3 Å². The number of aryl methyl sites for hydroxylation is 1. The number of hydrazine groups is 1. The van der Waals surface area contributed by atoms with Crippen LogP contribution in [0.2, 0.25) is 4.34 Å². The van der Waals surface area contributed by atoms with Crippen molar-refractivity contribution in [2.45, 2.75) is 25.8 Å². The fourth-order valence-corrected chi connectivity index (χ4v) is 2.81. The number of rotatable bonds is 5. The zero-order valence-electron chi connectivity index (χ0n) is 9.57. The Kier molecular flexibility index (Phi) is 4.23. The molecule has 1 atom stereocenters. The number of nitrogens with one attached hydrogen (secondary N) is 1. The molecule has 0 bridgehead atoms. The molecule has 0 saturated heterocycles. The van der Waals surface area contributed by atoms with Crippen LogP contribution in [0.15, 0.2) is 28.7 Å². The molecule has 0 saturated carbocycles. The highest BCUT2D eigenvalue weighted by molar-refractivity contribution is 7.16. The highest BCUT2D eigenvalue weighted by Crippen LogP contribution is 2.27. The molecule has 0 aliphatic rings. The fraction of sp³-hybridized carbons (Fsp3) is 0.333. The van der Waals surface area contributed by atoms with E-state index in [1.807, 2.05) is 24.3 Å². The van der Waals surface area contributed by atoms with Crippen LogP contribution in [0.3, 0.4) is 0 Å². The average molecular weight is 271 g/mol. The molecule has 3 N–H and O–H groups in total. The van der Waals surface area contributed by atoms with Crippen LogP contribution in [0.25, 0.3) is 0 Å². The summed E-state index contributed by atoms with van der Waals surface area (Å²) in [5.41, 5.74) is 2.78. The summed E-state index contributed by atoms with van der Waals surface area (Å²) in [6, 6.07) is 7.86. The highest BCUT2D eigenvalue weighted by Gasteiger charge is 2.15. The van der Waals surface area contributed by atoms with Gasteiger partial charge in [0, 0.05) is 17.7 Å². The Bertz CT molecular complexity index is 480. The summed E-state index contributed by atoms with van der Waals surface area (Å²) in [6.07, 6.45) is 1.67. The zero-order chi connectivity index (χ0) is 12.3. The van der Waals surface area contributed by atoms with Crippen molar-refractivity contribution in [3.8, 4) is 0 Å². The summed E-state index contributed by atoms with van der Waals surface area (Å²) in [5, 5.41) is 0. The fourth-order valence-electron chi connectivity index (χ4n) is 1.68. The van der Waals surface area contributed by atoms with E-state index in [9.17, 15) is 0 Å². The molecule has 5 heteroatoms. The predicted molar refractivity (Wildman–Crippen MR) is 71.2 cm³/mol. The zero-order valence-corrected chi connectivity index (χ0v) is 11.1. The van der Waals surface area contributed by atoms with E-state index in [0.29, 0.717) is 0 Å². The second kappa shape index (κ2) is 5.69. The van der Waals surface area contributed by atoms with Crippen molar-refractivity contribution in [2.24, 2.45) is 5.84 Å². The van der Waals surface area contributed by atoms with Gasteiger partial charge in [0.05, 0.1) is 10.4 Å². The smallest absolute Gasteiger partial charge is 0.122 e. The molecule has 2 aromatic heterocycles. The number of hydrogen-bond donors (Lipinski definition) is 2. The number of halogens is 1. The van der Waals surface area contributed by atoms with Crippen LogP contribution in [0.5, 0.6) is 0 Å². The Hall–Kier alpha value is -0.810. The van der Waals surface area contributed by atoms with Crippen molar-refractivity contribution >= 4 is 22.9 Å². The quantitative estimate of drug-likeness (QED) is 0.647. The van der Waals surface area contributed by atoms with Gasteiger partial charge < -0.3 is 4.42 Å². The number of thiophene rings is 1. The van der Waals surface area contributed by atoms with Crippen molar-refractivity contribution in [1.29, 1.82) is 0 Å². The average Bonchev–Trinajstić information content (AvgIpc) is 2.94.